The second-order valence-corrected chi connectivity index (χ2v) is 4.74. The van der Waals surface area contributed by atoms with Crippen LogP contribution >= 0.6 is 12.2 Å². The van der Waals surface area contributed by atoms with Gasteiger partial charge in [-0.25, -0.2) is 0 Å². The summed E-state index contributed by atoms with van der Waals surface area (Å²) < 4.78 is 3.00. The summed E-state index contributed by atoms with van der Waals surface area (Å²) in [4.78, 5) is 2.49. The number of aryl methyl sites for hydroxylation is 1. The maximum absolute atomic E-state index is 5.32. The summed E-state index contributed by atoms with van der Waals surface area (Å²) in [5.41, 5.74) is 0. The number of hydrogen-bond donors (Lipinski definition) is 1. The largest absolute Gasteiger partial charge is 0.302 e. The Morgan fingerprint density at radius 2 is 2.31 bits per heavy atom. The molecule has 90 valence electrons. The van der Waals surface area contributed by atoms with Gasteiger partial charge >= 0.3 is 0 Å². The topological polar surface area (TPSA) is 36.9 Å². The van der Waals surface area contributed by atoms with Crippen LogP contribution in [0.15, 0.2) is 0 Å². The smallest absolute Gasteiger partial charge is 0.195 e. The highest BCUT2D eigenvalue weighted by Crippen LogP contribution is 2.22. The Balaban J connectivity index is 2.22. The van der Waals surface area contributed by atoms with Crippen molar-refractivity contribution in [3.8, 4) is 0 Å². The van der Waals surface area contributed by atoms with Crippen LogP contribution < -0.4 is 0 Å². The lowest BCUT2D eigenvalue weighted by molar-refractivity contribution is 0.182. The molecule has 0 amide bonds. The lowest BCUT2D eigenvalue weighted by atomic mass is 10.1. The Kier molecular flexibility index (Phi) is 3.76. The molecule has 0 radical (unpaired) electrons. The van der Waals surface area contributed by atoms with Crippen LogP contribution in [0.3, 0.4) is 0 Å². The number of aromatic nitrogens is 3. The van der Waals surface area contributed by atoms with Crippen molar-refractivity contribution in [2.75, 3.05) is 19.6 Å². The highest BCUT2D eigenvalue weighted by atomic mass is 32.1. The first-order valence-electron chi connectivity index (χ1n) is 6.14. The SMILES string of the molecule is CCc1n[nH]c(=S)n1C1CCCN(CC)C1. The molecule has 0 bridgehead atoms. The maximum atomic E-state index is 5.32. The molecule has 2 heterocycles. The highest BCUT2D eigenvalue weighted by Gasteiger charge is 2.22. The minimum Gasteiger partial charge on any atom is -0.302 e. The van der Waals surface area contributed by atoms with Gasteiger partial charge in [0.15, 0.2) is 4.77 Å². The normalized spacial score (nSPS) is 22.5. The standard InChI is InChI=1S/C11H20N4S/c1-3-10-12-13-11(16)15(10)9-6-5-7-14(4-2)8-9/h9H,3-8H2,1-2H3,(H,13,16). The number of rotatable bonds is 3. The highest BCUT2D eigenvalue weighted by molar-refractivity contribution is 7.71. The van der Waals surface area contributed by atoms with Gasteiger partial charge in [0.1, 0.15) is 5.82 Å². The molecule has 0 saturated carbocycles. The number of piperidine rings is 1. The van der Waals surface area contributed by atoms with Gasteiger partial charge in [-0.15, -0.1) is 0 Å². The van der Waals surface area contributed by atoms with Crippen molar-refractivity contribution in [3.05, 3.63) is 10.6 Å². The second kappa shape index (κ2) is 5.10. The van der Waals surface area contributed by atoms with Crippen LogP contribution in [0.25, 0.3) is 0 Å². The Bertz CT molecular complexity index is 395. The monoisotopic (exact) mass is 240 g/mol. The average molecular weight is 240 g/mol. The van der Waals surface area contributed by atoms with Gasteiger partial charge in [0.2, 0.25) is 0 Å². The lowest BCUT2D eigenvalue weighted by Gasteiger charge is -2.32. The number of likely N-dealkylation sites (tertiary alicyclic amines) is 1. The molecular weight excluding hydrogens is 220 g/mol. The maximum Gasteiger partial charge on any atom is 0.195 e. The summed E-state index contributed by atoms with van der Waals surface area (Å²) in [6.07, 6.45) is 3.42. The first kappa shape index (κ1) is 11.8. The molecule has 0 spiro atoms. The quantitative estimate of drug-likeness (QED) is 0.823. The zero-order chi connectivity index (χ0) is 11.5. The van der Waals surface area contributed by atoms with Crippen LogP contribution in [-0.4, -0.2) is 39.3 Å². The fourth-order valence-electron chi connectivity index (χ4n) is 2.49. The fraction of sp³-hybridized carbons (Fsp3) is 0.818. The number of likely N-dealkylation sites (N-methyl/N-ethyl adjacent to an activating group) is 1. The summed E-state index contributed by atoms with van der Waals surface area (Å²) in [6, 6.07) is 0.509. The number of nitrogens with one attached hydrogen (secondary N) is 1. The zero-order valence-corrected chi connectivity index (χ0v) is 10.9. The van der Waals surface area contributed by atoms with Gasteiger partial charge in [0.05, 0.1) is 6.04 Å². The van der Waals surface area contributed by atoms with Crippen LogP contribution in [0.1, 0.15) is 38.6 Å². The molecule has 1 saturated heterocycles. The molecule has 16 heavy (non-hydrogen) atoms. The van der Waals surface area contributed by atoms with Crippen molar-refractivity contribution in [2.45, 2.75) is 39.2 Å². The summed E-state index contributed by atoms with van der Waals surface area (Å²) in [5.74, 6) is 1.09. The lowest BCUT2D eigenvalue weighted by Crippen LogP contribution is -2.36. The molecule has 2 rings (SSSR count). The predicted octanol–water partition coefficient (Wildman–Crippen LogP) is 2.16. The van der Waals surface area contributed by atoms with E-state index >= 15 is 0 Å². The molecule has 1 aliphatic rings. The third-order valence-corrected chi connectivity index (χ3v) is 3.67. The van der Waals surface area contributed by atoms with Crippen LogP contribution in [0, 0.1) is 4.77 Å². The third-order valence-electron chi connectivity index (χ3n) is 3.39. The van der Waals surface area contributed by atoms with Gasteiger partial charge < -0.3 is 4.90 Å². The van der Waals surface area contributed by atoms with Crippen molar-refractivity contribution >= 4 is 12.2 Å². The first-order chi connectivity index (χ1) is 7.76. The molecule has 1 aromatic rings. The van der Waals surface area contributed by atoms with E-state index in [0.29, 0.717) is 6.04 Å². The molecular formula is C11H20N4S. The van der Waals surface area contributed by atoms with Crippen molar-refractivity contribution in [2.24, 2.45) is 0 Å². The number of H-pyrrole nitrogens is 1. The molecule has 1 fully saturated rings. The van der Waals surface area contributed by atoms with E-state index in [0.717, 1.165) is 30.1 Å². The van der Waals surface area contributed by atoms with E-state index in [-0.39, 0.29) is 0 Å². The van der Waals surface area contributed by atoms with Gasteiger partial charge in [-0.05, 0) is 38.1 Å². The van der Waals surface area contributed by atoms with Gasteiger partial charge in [0.25, 0.3) is 0 Å². The van der Waals surface area contributed by atoms with Crippen molar-refractivity contribution in [3.63, 3.8) is 0 Å². The molecule has 1 atom stereocenters. The number of nitrogens with zero attached hydrogens (tertiary/aromatic N) is 3. The number of hydrogen-bond acceptors (Lipinski definition) is 3. The average Bonchev–Trinajstić information content (AvgIpc) is 2.70. The minimum atomic E-state index is 0.509. The van der Waals surface area contributed by atoms with Crippen LogP contribution in [0.4, 0.5) is 0 Å². The van der Waals surface area contributed by atoms with Crippen LogP contribution in [0.2, 0.25) is 0 Å². The van der Waals surface area contributed by atoms with E-state index in [1.165, 1.54) is 19.4 Å². The van der Waals surface area contributed by atoms with Gasteiger partial charge in [-0.3, -0.25) is 9.67 Å². The molecule has 5 heteroatoms. The van der Waals surface area contributed by atoms with E-state index in [1.807, 2.05) is 0 Å². The Morgan fingerprint density at radius 3 is 3.00 bits per heavy atom. The van der Waals surface area contributed by atoms with Crippen molar-refractivity contribution < 1.29 is 0 Å². The first-order valence-corrected chi connectivity index (χ1v) is 6.55. The van der Waals surface area contributed by atoms with Gasteiger partial charge in [-0.1, -0.05) is 13.8 Å². The Morgan fingerprint density at radius 1 is 1.50 bits per heavy atom. The van der Waals surface area contributed by atoms with E-state index < -0.39 is 0 Å². The van der Waals surface area contributed by atoms with Crippen molar-refractivity contribution in [1.82, 2.24) is 19.7 Å². The summed E-state index contributed by atoms with van der Waals surface area (Å²) >= 11 is 5.32. The molecule has 0 aromatic carbocycles. The Labute approximate surface area is 102 Å². The van der Waals surface area contributed by atoms with E-state index in [4.69, 9.17) is 12.2 Å². The molecule has 1 unspecified atom stereocenters. The second-order valence-electron chi connectivity index (χ2n) is 4.36. The number of aromatic amines is 1. The molecule has 1 aliphatic heterocycles. The van der Waals surface area contributed by atoms with Crippen LogP contribution in [-0.2, 0) is 6.42 Å². The zero-order valence-electron chi connectivity index (χ0n) is 10.1. The van der Waals surface area contributed by atoms with Gasteiger partial charge in [-0.2, -0.15) is 5.10 Å². The summed E-state index contributed by atoms with van der Waals surface area (Å²) in [6.45, 7) is 7.81. The Hall–Kier alpha value is -0.680. The van der Waals surface area contributed by atoms with E-state index in [9.17, 15) is 0 Å². The van der Waals surface area contributed by atoms with Gasteiger partial charge in [0, 0.05) is 13.0 Å². The van der Waals surface area contributed by atoms with Crippen molar-refractivity contribution in [1.29, 1.82) is 0 Å². The van der Waals surface area contributed by atoms with Crippen LogP contribution in [0.5, 0.6) is 0 Å². The van der Waals surface area contributed by atoms with E-state index in [1.54, 1.807) is 0 Å². The molecule has 0 aliphatic carbocycles. The molecule has 4 nitrogen and oxygen atoms in total. The summed E-state index contributed by atoms with van der Waals surface area (Å²) in [5, 5.41) is 7.20. The minimum absolute atomic E-state index is 0.509. The third kappa shape index (κ3) is 2.20. The molecule has 1 aromatic heterocycles. The fourth-order valence-corrected chi connectivity index (χ4v) is 2.79. The predicted molar refractivity (Wildman–Crippen MR) is 67.2 cm³/mol. The molecule has 1 N–H and O–H groups in total. The summed E-state index contributed by atoms with van der Waals surface area (Å²) in [7, 11) is 0. The van der Waals surface area contributed by atoms with E-state index in [2.05, 4.69) is 33.5 Å².